The molecule has 0 saturated carbocycles. The lowest BCUT2D eigenvalue weighted by Gasteiger charge is -2.17. The van der Waals surface area contributed by atoms with E-state index in [2.05, 4.69) is 50.4 Å². The maximum atomic E-state index is 12.5. The minimum Gasteiger partial charge on any atom is -0.340 e. The Labute approximate surface area is 214 Å². The molecule has 0 atom stereocenters. The van der Waals surface area contributed by atoms with Gasteiger partial charge in [0.25, 0.3) is 0 Å². The molecular weight excluding hydrogens is 462 g/mol. The molecule has 0 radical (unpaired) electrons. The molecule has 2 aromatic heterocycles. The van der Waals surface area contributed by atoms with Crippen molar-refractivity contribution in [2.45, 2.75) is 12.8 Å². The minimum atomic E-state index is -0.0521. The zero-order valence-electron chi connectivity index (χ0n) is 20.2. The minimum absolute atomic E-state index is 0.0521. The first-order chi connectivity index (χ1) is 18.2. The van der Waals surface area contributed by atoms with Crippen molar-refractivity contribution >= 4 is 45.5 Å². The van der Waals surface area contributed by atoms with Gasteiger partial charge >= 0.3 is 6.03 Å². The van der Waals surface area contributed by atoms with Crippen molar-refractivity contribution in [1.82, 2.24) is 20.1 Å². The maximum Gasteiger partial charge on any atom is 0.321 e. The molecule has 3 heterocycles. The molecule has 1 aliphatic heterocycles. The molecule has 0 bridgehead atoms. The van der Waals surface area contributed by atoms with Crippen LogP contribution < -0.4 is 16.0 Å². The highest BCUT2D eigenvalue weighted by Crippen LogP contribution is 2.30. The molecule has 5 aromatic rings. The Bertz CT molecular complexity index is 1520. The van der Waals surface area contributed by atoms with Crippen molar-refractivity contribution in [2.24, 2.45) is 0 Å². The summed E-state index contributed by atoms with van der Waals surface area (Å²) < 4.78 is 0. The van der Waals surface area contributed by atoms with Gasteiger partial charge in [-0.3, -0.25) is 5.10 Å². The van der Waals surface area contributed by atoms with Crippen LogP contribution in [0.25, 0.3) is 21.9 Å². The summed E-state index contributed by atoms with van der Waals surface area (Å²) in [6, 6.07) is 26.0. The SMILES string of the molecule is O=C(Nc1cccc(Nc2cc3ccccc3c(Nc3ccc(-c4cn[nH]c4)cc3)n2)c1)N1CCCC1. The van der Waals surface area contributed by atoms with Crippen LogP contribution in [0.3, 0.4) is 0 Å². The Morgan fingerprint density at radius 1 is 0.811 bits per heavy atom. The van der Waals surface area contributed by atoms with Crippen LogP contribution in [0.2, 0.25) is 0 Å². The van der Waals surface area contributed by atoms with Gasteiger partial charge in [-0.1, -0.05) is 42.5 Å². The normalized spacial score (nSPS) is 13.0. The summed E-state index contributed by atoms with van der Waals surface area (Å²) in [6.45, 7) is 1.62. The summed E-state index contributed by atoms with van der Waals surface area (Å²) in [4.78, 5) is 19.2. The number of anilines is 5. The summed E-state index contributed by atoms with van der Waals surface area (Å²) in [5.41, 5.74) is 4.66. The fourth-order valence-electron chi connectivity index (χ4n) is 4.59. The molecule has 8 heteroatoms. The molecule has 4 N–H and O–H groups in total. The first kappa shape index (κ1) is 22.6. The number of H-pyrrole nitrogens is 1. The molecule has 8 nitrogen and oxygen atoms in total. The fraction of sp³-hybridized carbons (Fsp3) is 0.138. The van der Waals surface area contributed by atoms with E-state index in [4.69, 9.17) is 4.98 Å². The van der Waals surface area contributed by atoms with Gasteiger partial charge in [0.15, 0.2) is 0 Å². The van der Waals surface area contributed by atoms with Crippen molar-refractivity contribution < 1.29 is 4.79 Å². The number of amides is 2. The third-order valence-electron chi connectivity index (χ3n) is 6.50. The smallest absolute Gasteiger partial charge is 0.321 e. The summed E-state index contributed by atoms with van der Waals surface area (Å²) in [6.07, 6.45) is 5.81. The number of likely N-dealkylation sites (tertiary alicyclic amines) is 1. The van der Waals surface area contributed by atoms with Crippen LogP contribution >= 0.6 is 0 Å². The number of fused-ring (bicyclic) bond motifs is 1. The molecule has 184 valence electrons. The van der Waals surface area contributed by atoms with Crippen LogP contribution in [0.4, 0.5) is 33.5 Å². The number of carbonyl (C=O) groups is 1. The van der Waals surface area contributed by atoms with Gasteiger partial charge in [-0.2, -0.15) is 5.10 Å². The molecule has 1 aliphatic rings. The van der Waals surface area contributed by atoms with Gasteiger partial charge < -0.3 is 20.9 Å². The topological polar surface area (TPSA) is 98.0 Å². The molecule has 6 rings (SSSR count). The van der Waals surface area contributed by atoms with E-state index in [0.717, 1.165) is 70.7 Å². The number of urea groups is 1. The second-order valence-corrected chi connectivity index (χ2v) is 9.10. The van der Waals surface area contributed by atoms with Gasteiger partial charge in [-0.25, -0.2) is 9.78 Å². The Kier molecular flexibility index (Phi) is 6.12. The Morgan fingerprint density at radius 3 is 2.43 bits per heavy atom. The van der Waals surface area contributed by atoms with Crippen LogP contribution in [0.1, 0.15) is 12.8 Å². The van der Waals surface area contributed by atoms with Crippen molar-refractivity contribution in [3.63, 3.8) is 0 Å². The first-order valence-electron chi connectivity index (χ1n) is 12.4. The quantitative estimate of drug-likeness (QED) is 0.212. The third kappa shape index (κ3) is 5.08. The van der Waals surface area contributed by atoms with Gasteiger partial charge in [-0.15, -0.1) is 0 Å². The number of pyridine rings is 1. The Morgan fingerprint density at radius 2 is 1.62 bits per heavy atom. The molecule has 1 saturated heterocycles. The van der Waals surface area contributed by atoms with E-state index in [1.165, 1.54) is 0 Å². The number of aromatic amines is 1. The average molecular weight is 490 g/mol. The number of nitrogens with one attached hydrogen (secondary N) is 4. The zero-order valence-corrected chi connectivity index (χ0v) is 20.2. The lowest BCUT2D eigenvalue weighted by Crippen LogP contribution is -2.32. The van der Waals surface area contributed by atoms with E-state index >= 15 is 0 Å². The summed E-state index contributed by atoms with van der Waals surface area (Å²) >= 11 is 0. The average Bonchev–Trinajstić information content (AvgIpc) is 3.65. The number of carbonyl (C=O) groups excluding carboxylic acids is 1. The van der Waals surface area contributed by atoms with Crippen molar-refractivity contribution in [3.8, 4) is 11.1 Å². The Balaban J connectivity index is 1.24. The van der Waals surface area contributed by atoms with Gasteiger partial charge in [0.1, 0.15) is 11.6 Å². The largest absolute Gasteiger partial charge is 0.340 e. The molecule has 0 aliphatic carbocycles. The second-order valence-electron chi connectivity index (χ2n) is 9.10. The maximum absolute atomic E-state index is 12.5. The highest BCUT2D eigenvalue weighted by molar-refractivity contribution is 5.96. The molecular formula is C29H27N7O. The van der Waals surface area contributed by atoms with Crippen molar-refractivity contribution in [3.05, 3.63) is 91.3 Å². The molecule has 3 aromatic carbocycles. The van der Waals surface area contributed by atoms with Crippen LogP contribution in [-0.2, 0) is 0 Å². The van der Waals surface area contributed by atoms with Crippen LogP contribution in [0.15, 0.2) is 91.3 Å². The lowest BCUT2D eigenvalue weighted by atomic mass is 10.1. The number of hydrogen-bond acceptors (Lipinski definition) is 5. The third-order valence-corrected chi connectivity index (χ3v) is 6.50. The van der Waals surface area contributed by atoms with Gasteiger partial charge in [0.2, 0.25) is 0 Å². The van der Waals surface area contributed by atoms with E-state index in [9.17, 15) is 4.79 Å². The number of benzene rings is 3. The summed E-state index contributed by atoms with van der Waals surface area (Å²) in [7, 11) is 0. The number of aromatic nitrogens is 3. The summed E-state index contributed by atoms with van der Waals surface area (Å²) in [5, 5.41) is 18.9. The number of hydrogen-bond donors (Lipinski definition) is 4. The van der Waals surface area contributed by atoms with E-state index in [0.29, 0.717) is 5.82 Å². The van der Waals surface area contributed by atoms with Crippen LogP contribution in [-0.4, -0.2) is 39.2 Å². The van der Waals surface area contributed by atoms with Gasteiger partial charge in [-0.05, 0) is 60.2 Å². The van der Waals surface area contributed by atoms with E-state index in [1.807, 2.05) is 65.7 Å². The number of rotatable bonds is 6. The predicted molar refractivity (Wildman–Crippen MR) is 149 cm³/mol. The lowest BCUT2D eigenvalue weighted by molar-refractivity contribution is 0.222. The van der Waals surface area contributed by atoms with Crippen LogP contribution in [0, 0.1) is 0 Å². The van der Waals surface area contributed by atoms with Gasteiger partial charge in [0, 0.05) is 47.3 Å². The Hall–Kier alpha value is -4.85. The predicted octanol–water partition coefficient (Wildman–Crippen LogP) is 6.74. The standard InChI is InChI=1S/C29H27N7O/c37-29(36-14-3-4-15-36)34-25-8-5-7-24(17-25)32-27-16-21-6-1-2-9-26(21)28(35-27)33-23-12-10-20(11-13-23)22-18-30-31-19-22/h1-2,5-13,16-19H,3-4,14-15H2,(H,30,31)(H,34,37)(H2,32,33,35). The van der Waals surface area contributed by atoms with Gasteiger partial charge in [0.05, 0.1) is 6.20 Å². The highest BCUT2D eigenvalue weighted by atomic mass is 16.2. The molecule has 2 amide bonds. The van der Waals surface area contributed by atoms with E-state index in [-0.39, 0.29) is 6.03 Å². The summed E-state index contributed by atoms with van der Waals surface area (Å²) in [5.74, 6) is 1.47. The van der Waals surface area contributed by atoms with Crippen molar-refractivity contribution in [1.29, 1.82) is 0 Å². The molecule has 0 spiro atoms. The molecule has 1 fully saturated rings. The van der Waals surface area contributed by atoms with Crippen molar-refractivity contribution in [2.75, 3.05) is 29.0 Å². The van der Waals surface area contributed by atoms with E-state index < -0.39 is 0 Å². The second kappa shape index (κ2) is 10.0. The number of nitrogens with zero attached hydrogens (tertiary/aromatic N) is 3. The fourth-order valence-corrected chi connectivity index (χ4v) is 4.59. The van der Waals surface area contributed by atoms with Crippen LogP contribution in [0.5, 0.6) is 0 Å². The highest BCUT2D eigenvalue weighted by Gasteiger charge is 2.17. The molecule has 0 unspecified atom stereocenters. The van der Waals surface area contributed by atoms with E-state index in [1.54, 1.807) is 6.20 Å². The molecule has 37 heavy (non-hydrogen) atoms. The zero-order chi connectivity index (χ0) is 25.0. The monoisotopic (exact) mass is 489 g/mol. The first-order valence-corrected chi connectivity index (χ1v) is 12.4.